The molecule has 0 radical (unpaired) electrons. The Hall–Kier alpha value is -3.76. The maximum absolute atomic E-state index is 13.5. The molecule has 1 heterocycles. The Labute approximate surface area is 219 Å². The molecule has 2 aromatic rings. The van der Waals surface area contributed by atoms with Gasteiger partial charge in [0.05, 0.1) is 12.1 Å². The number of fused-ring (bicyclic) bond motifs is 1. The summed E-state index contributed by atoms with van der Waals surface area (Å²) in [5, 5.41) is 12.3. The number of halogens is 3. The molecule has 11 heteroatoms. The fraction of sp³-hybridized carbons (Fsp3) is 0.444. The SMILES string of the molecule is CN(CCN(Cc1ccccc1C(F)(F)F)C(=O)CNc1cccc2c1CCN(C(=O)C1CC1)C2)C(=O)O. The first-order valence-electron chi connectivity index (χ1n) is 12.5. The second kappa shape index (κ2) is 11.3. The van der Waals surface area contributed by atoms with Gasteiger partial charge in [0.15, 0.2) is 0 Å². The van der Waals surface area contributed by atoms with E-state index in [1.54, 1.807) is 0 Å². The third-order valence-corrected chi connectivity index (χ3v) is 7.00. The highest BCUT2D eigenvalue weighted by molar-refractivity contribution is 5.82. The van der Waals surface area contributed by atoms with Gasteiger partial charge in [-0.05, 0) is 48.1 Å². The van der Waals surface area contributed by atoms with Gasteiger partial charge >= 0.3 is 12.3 Å². The van der Waals surface area contributed by atoms with Crippen molar-refractivity contribution < 1.29 is 32.7 Å². The van der Waals surface area contributed by atoms with E-state index in [4.69, 9.17) is 5.11 Å². The third-order valence-electron chi connectivity index (χ3n) is 7.00. The number of anilines is 1. The molecule has 2 aromatic carbocycles. The van der Waals surface area contributed by atoms with Crippen LogP contribution in [0.4, 0.5) is 23.7 Å². The molecule has 2 N–H and O–H groups in total. The van der Waals surface area contributed by atoms with Crippen molar-refractivity contribution >= 4 is 23.6 Å². The summed E-state index contributed by atoms with van der Waals surface area (Å²) in [6.45, 7) is 0.495. The summed E-state index contributed by atoms with van der Waals surface area (Å²) >= 11 is 0. The number of carbonyl (C=O) groups is 3. The molecule has 1 saturated carbocycles. The molecule has 1 aliphatic heterocycles. The number of rotatable bonds is 9. The van der Waals surface area contributed by atoms with Crippen molar-refractivity contribution in [3.8, 4) is 0 Å². The first kappa shape index (κ1) is 27.3. The lowest BCUT2D eigenvalue weighted by Gasteiger charge is -2.31. The average Bonchev–Trinajstić information content (AvgIpc) is 3.74. The van der Waals surface area contributed by atoms with Crippen LogP contribution in [0.1, 0.15) is 35.1 Å². The summed E-state index contributed by atoms with van der Waals surface area (Å²) in [6, 6.07) is 10.7. The molecule has 8 nitrogen and oxygen atoms in total. The first-order valence-corrected chi connectivity index (χ1v) is 12.5. The molecule has 0 atom stereocenters. The standard InChI is InChI=1S/C27H31F3N4O4/c1-32(26(37)38)13-14-33(17-20-5-2-3-7-22(20)27(28,29)30)24(35)15-31-23-8-4-6-19-16-34(12-11-21(19)23)25(36)18-9-10-18/h2-8,18,31H,9-17H2,1H3,(H,37,38). The zero-order chi connectivity index (χ0) is 27.4. The predicted molar refractivity (Wildman–Crippen MR) is 134 cm³/mol. The van der Waals surface area contributed by atoms with Crippen molar-refractivity contribution in [3.05, 3.63) is 64.7 Å². The number of amides is 3. The van der Waals surface area contributed by atoms with Gasteiger partial charge in [-0.1, -0.05) is 30.3 Å². The fourth-order valence-electron chi connectivity index (χ4n) is 4.63. The zero-order valence-corrected chi connectivity index (χ0v) is 21.1. The number of carboxylic acid groups (broad SMARTS) is 1. The summed E-state index contributed by atoms with van der Waals surface area (Å²) in [6.07, 6.45) is -3.26. The molecule has 0 spiro atoms. The predicted octanol–water partition coefficient (Wildman–Crippen LogP) is 4.05. The van der Waals surface area contributed by atoms with Crippen molar-refractivity contribution in [2.45, 2.75) is 38.5 Å². The number of benzene rings is 2. The number of nitrogens with one attached hydrogen (secondary N) is 1. The third kappa shape index (κ3) is 6.56. The number of carbonyl (C=O) groups excluding carboxylic acids is 2. The lowest BCUT2D eigenvalue weighted by molar-refractivity contribution is -0.139. The molecule has 0 saturated heterocycles. The van der Waals surface area contributed by atoms with Crippen LogP contribution in [0.25, 0.3) is 0 Å². The fourth-order valence-corrected chi connectivity index (χ4v) is 4.63. The largest absolute Gasteiger partial charge is 0.465 e. The van der Waals surface area contributed by atoms with Crippen LogP contribution in [0.3, 0.4) is 0 Å². The van der Waals surface area contributed by atoms with Gasteiger partial charge in [0, 0.05) is 51.4 Å². The highest BCUT2D eigenvalue weighted by Crippen LogP contribution is 2.34. The van der Waals surface area contributed by atoms with Crippen molar-refractivity contribution in [1.82, 2.24) is 14.7 Å². The smallest absolute Gasteiger partial charge is 0.416 e. The van der Waals surface area contributed by atoms with Crippen LogP contribution in [0.15, 0.2) is 42.5 Å². The molecule has 0 aromatic heterocycles. The molecule has 38 heavy (non-hydrogen) atoms. The van der Waals surface area contributed by atoms with E-state index in [0.29, 0.717) is 19.5 Å². The van der Waals surface area contributed by atoms with Crippen LogP contribution in [0.2, 0.25) is 0 Å². The summed E-state index contributed by atoms with van der Waals surface area (Å²) in [5.41, 5.74) is 1.86. The number of nitrogens with zero attached hydrogens (tertiary/aromatic N) is 3. The highest BCUT2D eigenvalue weighted by Gasteiger charge is 2.35. The molecule has 204 valence electrons. The average molecular weight is 533 g/mol. The first-order chi connectivity index (χ1) is 18.0. The Bertz CT molecular complexity index is 1200. The summed E-state index contributed by atoms with van der Waals surface area (Å²) in [7, 11) is 1.33. The molecule has 2 aliphatic rings. The number of alkyl halides is 3. The van der Waals surface area contributed by atoms with Crippen molar-refractivity contribution in [1.29, 1.82) is 0 Å². The molecule has 1 aliphatic carbocycles. The van der Waals surface area contributed by atoms with E-state index >= 15 is 0 Å². The quantitative estimate of drug-likeness (QED) is 0.509. The van der Waals surface area contributed by atoms with Crippen molar-refractivity contribution in [3.63, 3.8) is 0 Å². The summed E-state index contributed by atoms with van der Waals surface area (Å²) in [5.74, 6) is -0.130. The minimum atomic E-state index is -4.58. The Balaban J connectivity index is 1.47. The van der Waals surface area contributed by atoms with Crippen LogP contribution in [0.5, 0.6) is 0 Å². The maximum atomic E-state index is 13.5. The second-order valence-corrected chi connectivity index (χ2v) is 9.76. The molecule has 0 bridgehead atoms. The van der Waals surface area contributed by atoms with E-state index in [0.717, 1.165) is 40.6 Å². The van der Waals surface area contributed by atoms with E-state index in [-0.39, 0.29) is 43.6 Å². The Morgan fingerprint density at radius 1 is 1.08 bits per heavy atom. The summed E-state index contributed by atoms with van der Waals surface area (Å²) < 4.78 is 40.6. The molecule has 1 fully saturated rings. The Morgan fingerprint density at radius 2 is 1.82 bits per heavy atom. The zero-order valence-electron chi connectivity index (χ0n) is 21.1. The summed E-state index contributed by atoms with van der Waals surface area (Å²) in [4.78, 5) is 41.0. The number of hydrogen-bond donors (Lipinski definition) is 2. The van der Waals surface area contributed by atoms with E-state index in [9.17, 15) is 27.6 Å². The van der Waals surface area contributed by atoms with Gasteiger partial charge in [-0.15, -0.1) is 0 Å². The molecule has 0 unspecified atom stereocenters. The normalized spacial score (nSPS) is 15.0. The topological polar surface area (TPSA) is 93.2 Å². The minimum absolute atomic E-state index is 0.0547. The van der Waals surface area contributed by atoms with Gasteiger partial charge in [0.25, 0.3) is 0 Å². The van der Waals surface area contributed by atoms with Crippen LogP contribution >= 0.6 is 0 Å². The van der Waals surface area contributed by atoms with Gasteiger partial charge in [-0.3, -0.25) is 9.59 Å². The monoisotopic (exact) mass is 532 g/mol. The van der Waals surface area contributed by atoms with Crippen LogP contribution < -0.4 is 5.32 Å². The van der Waals surface area contributed by atoms with E-state index in [1.165, 1.54) is 30.1 Å². The van der Waals surface area contributed by atoms with Gasteiger partial charge < -0.3 is 25.1 Å². The molecule has 4 rings (SSSR count). The Morgan fingerprint density at radius 3 is 2.50 bits per heavy atom. The highest BCUT2D eigenvalue weighted by atomic mass is 19.4. The number of likely N-dealkylation sites (N-methyl/N-ethyl adjacent to an activating group) is 1. The van der Waals surface area contributed by atoms with Gasteiger partial charge in [-0.25, -0.2) is 4.79 Å². The van der Waals surface area contributed by atoms with Crippen LogP contribution in [-0.4, -0.2) is 70.9 Å². The van der Waals surface area contributed by atoms with Gasteiger partial charge in [0.1, 0.15) is 0 Å². The van der Waals surface area contributed by atoms with Crippen LogP contribution in [-0.2, 0) is 35.3 Å². The molecular weight excluding hydrogens is 501 g/mol. The Kier molecular flexibility index (Phi) is 8.13. The lowest BCUT2D eigenvalue weighted by atomic mass is 9.97. The lowest BCUT2D eigenvalue weighted by Crippen LogP contribution is -2.41. The van der Waals surface area contributed by atoms with E-state index in [1.807, 2.05) is 23.1 Å². The maximum Gasteiger partial charge on any atom is 0.416 e. The van der Waals surface area contributed by atoms with Crippen molar-refractivity contribution in [2.24, 2.45) is 5.92 Å². The number of hydrogen-bond acceptors (Lipinski definition) is 4. The second-order valence-electron chi connectivity index (χ2n) is 9.76. The van der Waals surface area contributed by atoms with E-state index < -0.39 is 23.7 Å². The van der Waals surface area contributed by atoms with Gasteiger partial charge in [-0.2, -0.15) is 13.2 Å². The van der Waals surface area contributed by atoms with E-state index in [2.05, 4.69) is 5.32 Å². The van der Waals surface area contributed by atoms with Gasteiger partial charge in [0.2, 0.25) is 11.8 Å². The van der Waals surface area contributed by atoms with Crippen LogP contribution in [0, 0.1) is 5.92 Å². The molecule has 3 amide bonds. The van der Waals surface area contributed by atoms with Crippen molar-refractivity contribution in [2.75, 3.05) is 38.5 Å². The minimum Gasteiger partial charge on any atom is -0.465 e. The molecular formula is C27H31F3N4O4.